The van der Waals surface area contributed by atoms with Gasteiger partial charge >= 0.3 is 24.4 Å². The molecular weight excluding hydrogens is 632 g/mol. The lowest BCUT2D eigenvalue weighted by Crippen LogP contribution is -2.54. The summed E-state index contributed by atoms with van der Waals surface area (Å²) in [6, 6.07) is 4.50. The molecule has 1 unspecified atom stereocenters. The van der Waals surface area contributed by atoms with E-state index >= 15 is 0 Å². The van der Waals surface area contributed by atoms with Crippen LogP contribution < -0.4 is 0 Å². The summed E-state index contributed by atoms with van der Waals surface area (Å²) >= 11 is 6.35. The molecule has 4 rings (SSSR count). The number of hydrogen-bond acceptors (Lipinski definition) is 5. The number of alkyl halides is 6. The number of halogens is 7. The van der Waals surface area contributed by atoms with Crippen LogP contribution in [0.25, 0.3) is 0 Å². The fraction of sp³-hybridized carbons (Fsp3) is 0.700. The van der Waals surface area contributed by atoms with Gasteiger partial charge in [-0.1, -0.05) is 11.6 Å². The molecule has 1 atom stereocenters. The second-order valence-electron chi connectivity index (χ2n) is 13.4. The largest absolute Gasteiger partial charge is 0.465 e. The summed E-state index contributed by atoms with van der Waals surface area (Å²) in [5.41, 5.74) is -1.33. The number of benzene rings is 1. The number of esters is 1. The van der Waals surface area contributed by atoms with Crippen molar-refractivity contribution in [3.05, 3.63) is 34.3 Å². The molecule has 0 radical (unpaired) electrons. The first kappa shape index (κ1) is 35.1. The number of nitrogens with zero attached hydrogens (tertiary/aromatic N) is 3. The van der Waals surface area contributed by atoms with Gasteiger partial charge in [0.15, 0.2) is 5.92 Å². The van der Waals surface area contributed by atoms with Crippen LogP contribution >= 0.6 is 11.6 Å². The molecule has 2 amide bonds. The topological polar surface area (TPSA) is 90.4 Å². The van der Waals surface area contributed by atoms with E-state index in [9.17, 15) is 45.8 Å². The molecule has 3 aliphatic heterocycles. The van der Waals surface area contributed by atoms with Crippen LogP contribution in [0.15, 0.2) is 18.2 Å². The zero-order chi connectivity index (χ0) is 33.5. The standard InChI is InChI=1S/C30H38ClF6N3O5/c1-27(2,3)45-25(42)19-4-8-38(9-5-19)16-18-12-20(14-22(31)13-18)24(41)40-17-21(23(29(32,33)34)30(35,36)37)15-28(40)6-10-39(11-7-28)26(43)44/h12-14,19,21,23H,4-11,15-17H2,1-3H3,(H,43,44). The zero-order valence-corrected chi connectivity index (χ0v) is 26.1. The number of amides is 2. The lowest BCUT2D eigenvalue weighted by molar-refractivity contribution is -0.297. The summed E-state index contributed by atoms with van der Waals surface area (Å²) in [5.74, 6) is -6.84. The van der Waals surface area contributed by atoms with E-state index in [1.165, 1.54) is 12.1 Å². The molecule has 3 fully saturated rings. The predicted octanol–water partition coefficient (Wildman–Crippen LogP) is 6.61. The smallest absolute Gasteiger partial charge is 0.407 e. The Labute approximate surface area is 262 Å². The first-order chi connectivity index (χ1) is 20.7. The van der Waals surface area contributed by atoms with Gasteiger partial charge in [-0.25, -0.2) is 4.79 Å². The van der Waals surface area contributed by atoms with Gasteiger partial charge < -0.3 is 19.6 Å². The third-order valence-electron chi connectivity index (χ3n) is 8.96. The van der Waals surface area contributed by atoms with Crippen LogP contribution in [0, 0.1) is 17.8 Å². The van der Waals surface area contributed by atoms with Crippen LogP contribution in [0.5, 0.6) is 0 Å². The molecule has 3 aliphatic rings. The van der Waals surface area contributed by atoms with Crippen molar-refractivity contribution in [1.29, 1.82) is 0 Å². The van der Waals surface area contributed by atoms with Crippen LogP contribution in [0.3, 0.4) is 0 Å². The van der Waals surface area contributed by atoms with Crippen molar-refractivity contribution in [3.8, 4) is 0 Å². The van der Waals surface area contributed by atoms with Crippen molar-refractivity contribution in [2.24, 2.45) is 17.8 Å². The fourth-order valence-electron chi connectivity index (χ4n) is 6.91. The number of piperidine rings is 2. The van der Waals surface area contributed by atoms with E-state index in [1.807, 2.05) is 0 Å². The molecule has 0 saturated carbocycles. The van der Waals surface area contributed by atoms with Crippen molar-refractivity contribution >= 4 is 29.6 Å². The first-order valence-electron chi connectivity index (χ1n) is 14.9. The monoisotopic (exact) mass is 669 g/mol. The summed E-state index contributed by atoms with van der Waals surface area (Å²) in [6.45, 7) is 5.83. The second-order valence-corrected chi connectivity index (χ2v) is 13.8. The summed E-state index contributed by atoms with van der Waals surface area (Å²) in [5, 5.41) is 9.54. The van der Waals surface area contributed by atoms with Crippen LogP contribution in [-0.2, 0) is 16.1 Å². The van der Waals surface area contributed by atoms with Gasteiger partial charge in [0.1, 0.15) is 5.60 Å². The average Bonchev–Trinajstić information content (AvgIpc) is 3.23. The molecule has 15 heteroatoms. The molecule has 0 aromatic heterocycles. The van der Waals surface area contributed by atoms with Crippen molar-refractivity contribution in [2.75, 3.05) is 32.7 Å². The molecule has 1 spiro atoms. The summed E-state index contributed by atoms with van der Waals surface area (Å²) in [4.78, 5) is 42.1. The maximum atomic E-state index is 13.9. The summed E-state index contributed by atoms with van der Waals surface area (Å²) < 4.78 is 88.0. The van der Waals surface area contributed by atoms with Gasteiger partial charge in [-0.05, 0) is 95.6 Å². The summed E-state index contributed by atoms with van der Waals surface area (Å²) in [7, 11) is 0. The van der Waals surface area contributed by atoms with Gasteiger partial charge in [-0.3, -0.25) is 14.5 Å². The molecule has 1 aromatic rings. The number of rotatable bonds is 5. The SMILES string of the molecule is CC(C)(C)OC(=O)C1CCN(Cc2cc(Cl)cc(C(=O)N3CC(C(C(F)(F)F)C(F)(F)F)CC34CCN(C(=O)O)CC4)c2)CC1. The zero-order valence-electron chi connectivity index (χ0n) is 25.3. The molecule has 3 heterocycles. The molecule has 8 nitrogen and oxygen atoms in total. The van der Waals surface area contributed by atoms with Crippen LogP contribution in [0.2, 0.25) is 5.02 Å². The molecular formula is C30H38ClF6N3O5. The Kier molecular flexibility index (Phi) is 10.00. The van der Waals surface area contributed by atoms with E-state index in [1.54, 1.807) is 26.8 Å². The normalized spacial score (nSPS) is 21.9. The Morgan fingerprint density at radius 1 is 0.978 bits per heavy atom. The molecule has 1 aromatic carbocycles. The van der Waals surface area contributed by atoms with Crippen molar-refractivity contribution in [3.63, 3.8) is 0 Å². The van der Waals surface area contributed by atoms with E-state index in [0.717, 1.165) is 9.80 Å². The van der Waals surface area contributed by atoms with Crippen LogP contribution in [-0.4, -0.2) is 94.0 Å². The van der Waals surface area contributed by atoms with Crippen molar-refractivity contribution < 1.29 is 50.6 Å². The Hall–Kier alpha value is -2.74. The van der Waals surface area contributed by atoms with Crippen molar-refractivity contribution in [1.82, 2.24) is 14.7 Å². The Balaban J connectivity index is 1.54. The third kappa shape index (κ3) is 8.35. The fourth-order valence-corrected chi connectivity index (χ4v) is 7.17. The molecule has 1 N–H and O–H groups in total. The molecule has 45 heavy (non-hydrogen) atoms. The Morgan fingerprint density at radius 3 is 2.07 bits per heavy atom. The molecule has 0 bridgehead atoms. The van der Waals surface area contributed by atoms with Gasteiger partial charge in [0, 0.05) is 42.3 Å². The number of likely N-dealkylation sites (tertiary alicyclic amines) is 3. The number of carbonyl (C=O) groups is 3. The first-order valence-corrected chi connectivity index (χ1v) is 15.2. The number of carboxylic acid groups (broad SMARTS) is 1. The van der Waals surface area contributed by atoms with Gasteiger partial charge in [0.2, 0.25) is 0 Å². The maximum Gasteiger partial charge on any atom is 0.407 e. The number of hydrogen-bond donors (Lipinski definition) is 1. The van der Waals surface area contributed by atoms with Gasteiger partial charge in [0.25, 0.3) is 5.91 Å². The van der Waals surface area contributed by atoms with E-state index in [-0.39, 0.29) is 48.4 Å². The molecule has 0 aliphatic carbocycles. The van der Waals surface area contributed by atoms with E-state index in [4.69, 9.17) is 16.3 Å². The number of carbonyl (C=O) groups excluding carboxylic acids is 2. The van der Waals surface area contributed by atoms with Gasteiger partial charge in [0.05, 0.1) is 5.92 Å². The molecule has 3 saturated heterocycles. The van der Waals surface area contributed by atoms with Crippen molar-refractivity contribution in [2.45, 2.75) is 82.9 Å². The molecule has 252 valence electrons. The maximum absolute atomic E-state index is 13.9. The van der Waals surface area contributed by atoms with Crippen LogP contribution in [0.1, 0.15) is 68.8 Å². The van der Waals surface area contributed by atoms with Gasteiger partial charge in [-0.15, -0.1) is 0 Å². The highest BCUT2D eigenvalue weighted by atomic mass is 35.5. The van der Waals surface area contributed by atoms with E-state index in [0.29, 0.717) is 38.0 Å². The highest BCUT2D eigenvalue weighted by Gasteiger charge is 2.64. The highest BCUT2D eigenvalue weighted by molar-refractivity contribution is 6.31. The average molecular weight is 670 g/mol. The van der Waals surface area contributed by atoms with Crippen LogP contribution in [0.4, 0.5) is 31.1 Å². The van der Waals surface area contributed by atoms with E-state index < -0.39 is 60.3 Å². The Morgan fingerprint density at radius 2 is 1.56 bits per heavy atom. The Bertz CT molecular complexity index is 1250. The van der Waals surface area contributed by atoms with Gasteiger partial charge in [-0.2, -0.15) is 26.3 Å². The highest BCUT2D eigenvalue weighted by Crippen LogP contribution is 2.52. The predicted molar refractivity (Wildman–Crippen MR) is 152 cm³/mol. The minimum Gasteiger partial charge on any atom is -0.465 e. The summed E-state index contributed by atoms with van der Waals surface area (Å²) in [6.07, 6.45) is -12.0. The third-order valence-corrected chi connectivity index (χ3v) is 9.17. The quantitative estimate of drug-likeness (QED) is 0.281. The number of ether oxygens (including phenoxy) is 1. The minimum absolute atomic E-state index is 0.0254. The lowest BCUT2D eigenvalue weighted by Gasteiger charge is -2.44. The minimum atomic E-state index is -5.58. The second kappa shape index (κ2) is 12.8. The lowest BCUT2D eigenvalue weighted by atomic mass is 9.79. The van der Waals surface area contributed by atoms with E-state index in [2.05, 4.69) is 4.90 Å².